The highest BCUT2D eigenvalue weighted by Crippen LogP contribution is 2.33. The number of carbonyl (C=O) groups excluding carboxylic acids is 1. The van der Waals surface area contributed by atoms with Crippen LogP contribution >= 0.6 is 23.2 Å². The van der Waals surface area contributed by atoms with E-state index in [4.69, 9.17) is 32.9 Å². The lowest BCUT2D eigenvalue weighted by Gasteiger charge is -2.22. The van der Waals surface area contributed by atoms with E-state index in [0.717, 1.165) is 70.8 Å². The molecule has 0 spiro atoms. The largest absolute Gasteiger partial charge is 0.381 e. The predicted octanol–water partition coefficient (Wildman–Crippen LogP) is 4.79. The summed E-state index contributed by atoms with van der Waals surface area (Å²) in [5, 5.41) is 7.76. The molecule has 2 saturated heterocycles. The number of nitrogens with zero attached hydrogens (tertiary/aromatic N) is 2. The molecule has 0 radical (unpaired) electrons. The van der Waals surface area contributed by atoms with Crippen molar-refractivity contribution >= 4 is 34.8 Å². The number of nitrogens with one attached hydrogen (secondary N) is 2. The van der Waals surface area contributed by atoms with Crippen LogP contribution in [-0.2, 0) is 16.0 Å². The molecule has 1 atom stereocenters. The summed E-state index contributed by atoms with van der Waals surface area (Å²) in [6, 6.07) is 5.56. The second-order valence-electron chi connectivity index (χ2n) is 8.66. The summed E-state index contributed by atoms with van der Waals surface area (Å²) in [5.41, 5.74) is 1.99. The van der Waals surface area contributed by atoms with Gasteiger partial charge in [-0.2, -0.15) is 0 Å². The van der Waals surface area contributed by atoms with Gasteiger partial charge in [-0.05, 0) is 56.3 Å². The van der Waals surface area contributed by atoms with Gasteiger partial charge in [0.1, 0.15) is 11.6 Å². The molecule has 2 aliphatic heterocycles. The average Bonchev–Trinajstić information content (AvgIpc) is 3.10. The molecule has 2 aliphatic rings. The van der Waals surface area contributed by atoms with E-state index < -0.39 is 0 Å². The minimum Gasteiger partial charge on any atom is -0.381 e. The quantitative estimate of drug-likeness (QED) is 0.597. The summed E-state index contributed by atoms with van der Waals surface area (Å²) >= 11 is 13.0. The van der Waals surface area contributed by atoms with Crippen LogP contribution in [0.5, 0.6) is 0 Å². The monoisotopic (exact) mass is 476 g/mol. The highest BCUT2D eigenvalue weighted by atomic mass is 35.5. The Hall–Kier alpha value is -1.73. The summed E-state index contributed by atoms with van der Waals surface area (Å²) in [6.45, 7) is 4.20. The molecule has 8 heteroatoms. The highest BCUT2D eigenvalue weighted by Gasteiger charge is 2.21. The summed E-state index contributed by atoms with van der Waals surface area (Å²) in [6.07, 6.45) is 7.11. The van der Waals surface area contributed by atoms with Crippen LogP contribution in [0.3, 0.4) is 0 Å². The fourth-order valence-electron chi connectivity index (χ4n) is 4.31. The van der Waals surface area contributed by atoms with Crippen LogP contribution < -0.4 is 10.6 Å². The van der Waals surface area contributed by atoms with Gasteiger partial charge in [0.25, 0.3) is 0 Å². The minimum absolute atomic E-state index is 0.0397. The van der Waals surface area contributed by atoms with Gasteiger partial charge in [-0.1, -0.05) is 29.6 Å². The second-order valence-corrected chi connectivity index (χ2v) is 9.47. The van der Waals surface area contributed by atoms with Crippen molar-refractivity contribution in [2.75, 3.05) is 38.2 Å². The maximum atomic E-state index is 12.8. The Morgan fingerprint density at radius 2 is 2.00 bits per heavy atom. The van der Waals surface area contributed by atoms with Crippen LogP contribution in [0.2, 0.25) is 10.0 Å². The van der Waals surface area contributed by atoms with E-state index in [-0.39, 0.29) is 18.1 Å². The number of carbonyl (C=O) groups is 1. The highest BCUT2D eigenvalue weighted by molar-refractivity contribution is 6.36. The Labute approximate surface area is 199 Å². The van der Waals surface area contributed by atoms with Gasteiger partial charge in [-0.25, -0.2) is 4.98 Å². The van der Waals surface area contributed by atoms with Crippen LogP contribution in [0.1, 0.15) is 37.8 Å². The molecule has 0 aliphatic carbocycles. The van der Waals surface area contributed by atoms with Crippen molar-refractivity contribution in [2.45, 2.75) is 38.5 Å². The smallest absolute Gasteiger partial charge is 0.143 e. The van der Waals surface area contributed by atoms with Crippen molar-refractivity contribution in [1.29, 1.82) is 0 Å². The molecule has 4 heterocycles. The Kier molecular flexibility index (Phi) is 8.36. The van der Waals surface area contributed by atoms with Gasteiger partial charge < -0.3 is 15.4 Å². The van der Waals surface area contributed by atoms with Crippen molar-refractivity contribution in [3.05, 3.63) is 40.1 Å². The standard InChI is InChI=1S/C24H30Cl2N4O2/c25-20-4-5-23(29-13-16-6-9-32-10-7-16)30-24(20)19-11-18(28-15-21(19)26)12-22(31)17-3-1-2-8-27-14-17/h4-5,11,15-17,27H,1-3,6-10,12-14H2,(H,29,30). The summed E-state index contributed by atoms with van der Waals surface area (Å²) in [7, 11) is 0. The molecule has 0 bridgehead atoms. The van der Waals surface area contributed by atoms with E-state index in [2.05, 4.69) is 15.6 Å². The van der Waals surface area contributed by atoms with Gasteiger partial charge in [0.15, 0.2) is 0 Å². The molecule has 32 heavy (non-hydrogen) atoms. The van der Waals surface area contributed by atoms with Crippen molar-refractivity contribution in [3.63, 3.8) is 0 Å². The van der Waals surface area contributed by atoms with Crippen molar-refractivity contribution < 1.29 is 9.53 Å². The number of anilines is 1. The lowest BCUT2D eigenvalue weighted by molar-refractivity contribution is -0.122. The summed E-state index contributed by atoms with van der Waals surface area (Å²) in [5.74, 6) is 1.58. The third-order valence-corrected chi connectivity index (χ3v) is 6.89. The maximum absolute atomic E-state index is 12.8. The molecule has 2 N–H and O–H groups in total. The summed E-state index contributed by atoms with van der Waals surface area (Å²) < 4.78 is 5.43. The minimum atomic E-state index is 0.0397. The third kappa shape index (κ3) is 6.19. The first-order valence-electron chi connectivity index (χ1n) is 11.5. The lowest BCUT2D eigenvalue weighted by Crippen LogP contribution is -2.27. The van der Waals surface area contributed by atoms with Gasteiger partial charge >= 0.3 is 0 Å². The maximum Gasteiger partial charge on any atom is 0.143 e. The van der Waals surface area contributed by atoms with Crippen LogP contribution in [0.15, 0.2) is 24.4 Å². The number of hydrogen-bond acceptors (Lipinski definition) is 6. The third-order valence-electron chi connectivity index (χ3n) is 6.28. The van der Waals surface area contributed by atoms with Crippen molar-refractivity contribution in [2.24, 2.45) is 11.8 Å². The molecular weight excluding hydrogens is 447 g/mol. The van der Waals surface area contributed by atoms with Gasteiger partial charge in [0.2, 0.25) is 0 Å². The van der Waals surface area contributed by atoms with E-state index in [1.165, 1.54) is 0 Å². The molecular formula is C24H30Cl2N4O2. The van der Waals surface area contributed by atoms with Crippen LogP contribution in [0.25, 0.3) is 11.3 Å². The number of hydrogen-bond donors (Lipinski definition) is 2. The number of ketones is 1. The predicted molar refractivity (Wildman–Crippen MR) is 128 cm³/mol. The first-order chi connectivity index (χ1) is 15.6. The SMILES string of the molecule is O=C(Cc1cc(-c2nc(NCC3CCOCC3)ccc2Cl)c(Cl)cn1)C1CCCCNC1. The molecule has 1 unspecified atom stereocenters. The van der Waals surface area contributed by atoms with Gasteiger partial charge in [-0.3, -0.25) is 9.78 Å². The molecule has 172 valence electrons. The normalized spacial score (nSPS) is 20.0. The second kappa shape index (κ2) is 11.4. The Morgan fingerprint density at radius 1 is 1.16 bits per heavy atom. The zero-order valence-corrected chi connectivity index (χ0v) is 19.7. The van der Waals surface area contributed by atoms with E-state index in [9.17, 15) is 4.79 Å². The van der Waals surface area contributed by atoms with E-state index in [0.29, 0.717) is 32.9 Å². The van der Waals surface area contributed by atoms with Gasteiger partial charge in [0.05, 0.1) is 15.7 Å². The molecule has 0 amide bonds. The first kappa shape index (κ1) is 23.4. The number of halogens is 2. The molecule has 2 aromatic rings. The first-order valence-corrected chi connectivity index (χ1v) is 12.2. The Balaban J connectivity index is 1.49. The lowest BCUT2D eigenvalue weighted by atomic mass is 9.95. The number of Topliss-reactive ketones (excluding diaryl/α,β-unsaturated/α-hetero) is 1. The zero-order valence-electron chi connectivity index (χ0n) is 18.2. The number of pyridine rings is 2. The molecule has 0 aromatic carbocycles. The molecule has 4 rings (SSSR count). The fourth-order valence-corrected chi connectivity index (χ4v) is 4.71. The van der Waals surface area contributed by atoms with E-state index in [1.54, 1.807) is 6.20 Å². The Bertz CT molecular complexity index is 926. The average molecular weight is 477 g/mol. The molecule has 2 fully saturated rings. The van der Waals surface area contributed by atoms with Gasteiger partial charge in [0, 0.05) is 56.1 Å². The van der Waals surface area contributed by atoms with Crippen molar-refractivity contribution in [1.82, 2.24) is 15.3 Å². The van der Waals surface area contributed by atoms with Gasteiger partial charge in [-0.15, -0.1) is 0 Å². The molecule has 0 saturated carbocycles. The van der Waals surface area contributed by atoms with Crippen LogP contribution in [0.4, 0.5) is 5.82 Å². The van der Waals surface area contributed by atoms with E-state index >= 15 is 0 Å². The van der Waals surface area contributed by atoms with Crippen molar-refractivity contribution in [3.8, 4) is 11.3 Å². The van der Waals surface area contributed by atoms with Crippen LogP contribution in [-0.4, -0.2) is 48.6 Å². The fraction of sp³-hybridized carbons (Fsp3) is 0.542. The topological polar surface area (TPSA) is 76.1 Å². The Morgan fingerprint density at radius 3 is 2.84 bits per heavy atom. The number of ether oxygens (including phenoxy) is 1. The number of rotatable bonds is 7. The molecule has 2 aromatic heterocycles. The number of aromatic nitrogens is 2. The van der Waals surface area contributed by atoms with Crippen LogP contribution in [0, 0.1) is 11.8 Å². The summed E-state index contributed by atoms with van der Waals surface area (Å²) in [4.78, 5) is 22.0. The van der Waals surface area contributed by atoms with E-state index in [1.807, 2.05) is 18.2 Å². The zero-order chi connectivity index (χ0) is 22.3. The molecule has 6 nitrogen and oxygen atoms in total.